The maximum atomic E-state index is 11.6. The van der Waals surface area contributed by atoms with Crippen LogP contribution in [0, 0.1) is 0 Å². The van der Waals surface area contributed by atoms with Crippen molar-refractivity contribution in [1.82, 2.24) is 0 Å². The Morgan fingerprint density at radius 3 is 2.57 bits per heavy atom. The van der Waals surface area contributed by atoms with Crippen LogP contribution in [0.5, 0.6) is 0 Å². The predicted octanol–water partition coefficient (Wildman–Crippen LogP) is 0.804. The molecule has 0 saturated heterocycles. The minimum atomic E-state index is -0.297. The molecule has 0 aliphatic carbocycles. The van der Waals surface area contributed by atoms with Crippen molar-refractivity contribution in [2.24, 2.45) is 10.9 Å². The first kappa shape index (κ1) is 6.14. The van der Waals surface area contributed by atoms with Gasteiger partial charge in [0, 0.05) is 6.21 Å². The average Bonchev–Trinajstić information content (AvgIpc) is 1.61. The Balaban J connectivity index is 3.46. The highest BCUT2D eigenvalue weighted by Gasteiger charge is 1.72. The third-order valence-corrected chi connectivity index (χ3v) is 0.390. The van der Waals surface area contributed by atoms with E-state index in [4.69, 9.17) is 0 Å². The molecule has 0 spiro atoms. The van der Waals surface area contributed by atoms with E-state index in [1.807, 2.05) is 0 Å². The molecule has 0 unspecified atom stereocenters. The van der Waals surface area contributed by atoms with Crippen molar-refractivity contribution < 1.29 is 4.39 Å². The van der Waals surface area contributed by atoms with Gasteiger partial charge in [0.25, 0.3) is 0 Å². The molecule has 0 bridgehead atoms. The molecule has 0 aliphatic heterocycles. The molecule has 0 atom stereocenters. The molecule has 40 valence electrons. The number of hydrogen-bond donors (Lipinski definition) is 1. The maximum absolute atomic E-state index is 11.6. The molecule has 0 amide bonds. The minimum Gasteiger partial charge on any atom is -0.323 e. The molecule has 0 fully saturated rings. The molecule has 7 heavy (non-hydrogen) atoms. The third-order valence-electron chi connectivity index (χ3n) is 0.390. The van der Waals surface area contributed by atoms with Crippen LogP contribution < -0.4 is 5.84 Å². The van der Waals surface area contributed by atoms with Gasteiger partial charge in [-0.2, -0.15) is 5.10 Å². The number of rotatable bonds is 1. The van der Waals surface area contributed by atoms with Gasteiger partial charge >= 0.3 is 0 Å². The van der Waals surface area contributed by atoms with Crippen LogP contribution in [0.4, 0.5) is 4.39 Å². The van der Waals surface area contributed by atoms with Crippen molar-refractivity contribution in [2.45, 2.75) is 6.92 Å². The van der Waals surface area contributed by atoms with E-state index in [-0.39, 0.29) is 5.83 Å². The fourth-order valence-corrected chi connectivity index (χ4v) is 0.146. The summed E-state index contributed by atoms with van der Waals surface area (Å²) < 4.78 is 11.6. The number of halogens is 1. The van der Waals surface area contributed by atoms with Crippen molar-refractivity contribution in [3.05, 3.63) is 11.9 Å². The molecule has 3 heteroatoms. The van der Waals surface area contributed by atoms with Gasteiger partial charge in [0.2, 0.25) is 0 Å². The number of allylic oxidation sites excluding steroid dienone is 2. The zero-order valence-corrected chi connectivity index (χ0v) is 4.06. The van der Waals surface area contributed by atoms with Crippen molar-refractivity contribution in [3.63, 3.8) is 0 Å². The molecule has 0 aromatic carbocycles. The number of hydrazone groups is 1. The lowest BCUT2D eigenvalue weighted by Crippen LogP contribution is -1.77. The quantitative estimate of drug-likeness (QED) is 0.297. The lowest BCUT2D eigenvalue weighted by molar-refractivity contribution is 0.642. The van der Waals surface area contributed by atoms with E-state index in [0.717, 1.165) is 0 Å². The molecular formula is C4H7FN2. The number of nitrogens with zero attached hydrogens (tertiary/aromatic N) is 1. The zero-order valence-electron chi connectivity index (χ0n) is 4.06. The van der Waals surface area contributed by atoms with Crippen LogP contribution in [0.1, 0.15) is 6.92 Å². The highest BCUT2D eigenvalue weighted by Crippen LogP contribution is 1.87. The predicted molar refractivity (Wildman–Crippen MR) is 27.5 cm³/mol. The molecule has 0 aliphatic rings. The monoisotopic (exact) mass is 102 g/mol. The van der Waals surface area contributed by atoms with Gasteiger partial charge in [-0.05, 0) is 13.0 Å². The first-order chi connectivity index (χ1) is 3.27. The van der Waals surface area contributed by atoms with Gasteiger partial charge in [-0.15, -0.1) is 0 Å². The summed E-state index contributed by atoms with van der Waals surface area (Å²) in [7, 11) is 0. The molecule has 0 aromatic rings. The summed E-state index contributed by atoms with van der Waals surface area (Å²) in [5.74, 6) is 4.34. The third kappa shape index (κ3) is 5.14. The summed E-state index contributed by atoms with van der Waals surface area (Å²) >= 11 is 0. The van der Waals surface area contributed by atoms with Crippen molar-refractivity contribution in [3.8, 4) is 0 Å². The van der Waals surface area contributed by atoms with Crippen LogP contribution in [0.25, 0.3) is 0 Å². The topological polar surface area (TPSA) is 38.4 Å². The summed E-state index contributed by atoms with van der Waals surface area (Å²) in [4.78, 5) is 0. The lowest BCUT2D eigenvalue weighted by Gasteiger charge is -1.73. The SMILES string of the molecule is C/C(F)=C\C=N/N. The van der Waals surface area contributed by atoms with E-state index in [1.54, 1.807) is 0 Å². The van der Waals surface area contributed by atoms with E-state index in [1.165, 1.54) is 19.2 Å². The summed E-state index contributed by atoms with van der Waals surface area (Å²) in [6.45, 7) is 1.32. The summed E-state index contributed by atoms with van der Waals surface area (Å²) in [5.41, 5.74) is 0. The maximum Gasteiger partial charge on any atom is 0.0984 e. The zero-order chi connectivity index (χ0) is 5.70. The van der Waals surface area contributed by atoms with Gasteiger partial charge in [0.05, 0.1) is 5.83 Å². The van der Waals surface area contributed by atoms with Gasteiger partial charge in [-0.3, -0.25) is 0 Å². The molecule has 0 rings (SSSR count). The average molecular weight is 102 g/mol. The Morgan fingerprint density at radius 2 is 2.43 bits per heavy atom. The summed E-state index contributed by atoms with van der Waals surface area (Å²) in [6, 6.07) is 0. The van der Waals surface area contributed by atoms with E-state index in [0.29, 0.717) is 0 Å². The fourth-order valence-electron chi connectivity index (χ4n) is 0.146. The highest BCUT2D eigenvalue weighted by molar-refractivity contribution is 5.70. The van der Waals surface area contributed by atoms with Gasteiger partial charge in [0.1, 0.15) is 0 Å². The van der Waals surface area contributed by atoms with E-state index in [9.17, 15) is 4.39 Å². The van der Waals surface area contributed by atoms with E-state index >= 15 is 0 Å². The summed E-state index contributed by atoms with van der Waals surface area (Å²) in [6.07, 6.45) is 2.37. The first-order valence-electron chi connectivity index (χ1n) is 1.83. The Kier molecular flexibility index (Phi) is 2.92. The second-order valence-corrected chi connectivity index (χ2v) is 1.05. The molecular weight excluding hydrogens is 95.1 g/mol. The van der Waals surface area contributed by atoms with Gasteiger partial charge in [-0.25, -0.2) is 4.39 Å². The molecule has 0 radical (unpaired) electrons. The molecule has 0 saturated carbocycles. The molecule has 0 heterocycles. The summed E-state index contributed by atoms with van der Waals surface area (Å²) in [5, 5.41) is 3.03. The fraction of sp³-hybridized carbons (Fsp3) is 0.250. The Labute approximate surface area is 41.5 Å². The largest absolute Gasteiger partial charge is 0.323 e. The molecule has 0 aromatic heterocycles. The van der Waals surface area contributed by atoms with Crippen LogP contribution in [-0.2, 0) is 0 Å². The normalized spacial score (nSPS) is 13.1. The van der Waals surface area contributed by atoms with Crippen molar-refractivity contribution >= 4 is 6.21 Å². The van der Waals surface area contributed by atoms with Gasteiger partial charge in [0.15, 0.2) is 0 Å². The Morgan fingerprint density at radius 1 is 1.86 bits per heavy atom. The standard InChI is InChI=1S/C4H7FN2/c1-4(5)2-3-7-6/h2-3H,6H2,1H3/b4-2+,7-3-. The Bertz CT molecular complexity index is 91.9. The molecule has 2 nitrogen and oxygen atoms in total. The Hall–Kier alpha value is -0.860. The second-order valence-electron chi connectivity index (χ2n) is 1.05. The van der Waals surface area contributed by atoms with Gasteiger partial charge in [-0.1, -0.05) is 0 Å². The first-order valence-corrected chi connectivity index (χ1v) is 1.83. The minimum absolute atomic E-state index is 0.297. The number of nitrogens with two attached hydrogens (primary N) is 1. The van der Waals surface area contributed by atoms with E-state index in [2.05, 4.69) is 10.9 Å². The van der Waals surface area contributed by atoms with Crippen LogP contribution >= 0.6 is 0 Å². The molecule has 2 N–H and O–H groups in total. The van der Waals surface area contributed by atoms with Crippen LogP contribution in [-0.4, -0.2) is 6.21 Å². The van der Waals surface area contributed by atoms with E-state index < -0.39 is 0 Å². The smallest absolute Gasteiger partial charge is 0.0984 e. The van der Waals surface area contributed by atoms with Gasteiger partial charge < -0.3 is 5.84 Å². The van der Waals surface area contributed by atoms with Crippen LogP contribution in [0.2, 0.25) is 0 Å². The second kappa shape index (κ2) is 3.33. The van der Waals surface area contributed by atoms with Crippen molar-refractivity contribution in [1.29, 1.82) is 0 Å². The number of hydrogen-bond acceptors (Lipinski definition) is 2. The highest BCUT2D eigenvalue weighted by atomic mass is 19.1. The van der Waals surface area contributed by atoms with Crippen molar-refractivity contribution in [2.75, 3.05) is 0 Å². The van der Waals surface area contributed by atoms with Crippen LogP contribution in [0.3, 0.4) is 0 Å². The lowest BCUT2D eigenvalue weighted by atomic mass is 10.5. The van der Waals surface area contributed by atoms with Crippen LogP contribution in [0.15, 0.2) is 17.0 Å².